The van der Waals surface area contributed by atoms with Crippen LogP contribution in [0.15, 0.2) is 53.4 Å². The summed E-state index contributed by atoms with van der Waals surface area (Å²) in [5, 5.41) is 0. The summed E-state index contributed by atoms with van der Waals surface area (Å²) in [6, 6.07) is 15.3. The van der Waals surface area contributed by atoms with Gasteiger partial charge < -0.3 is 4.98 Å². The summed E-state index contributed by atoms with van der Waals surface area (Å²) < 4.78 is 27.6. The minimum absolute atomic E-state index is 0.00454. The lowest BCUT2D eigenvalue weighted by Gasteiger charge is -2.33. The van der Waals surface area contributed by atoms with Crippen LogP contribution >= 0.6 is 0 Å². The van der Waals surface area contributed by atoms with E-state index in [1.54, 1.807) is 16.4 Å². The predicted octanol–water partition coefficient (Wildman–Crippen LogP) is 3.37. The zero-order valence-electron chi connectivity index (χ0n) is 17.2. The molecule has 0 aliphatic carbocycles. The monoisotopic (exact) mass is 412 g/mol. The van der Waals surface area contributed by atoms with Crippen LogP contribution in [0.5, 0.6) is 0 Å². The molecule has 7 heteroatoms. The van der Waals surface area contributed by atoms with Gasteiger partial charge in [0.25, 0.3) is 0 Å². The van der Waals surface area contributed by atoms with Gasteiger partial charge in [-0.1, -0.05) is 45.0 Å². The van der Waals surface area contributed by atoms with Crippen molar-refractivity contribution in [3.63, 3.8) is 0 Å². The Bertz CT molecular complexity index is 1060. The zero-order valence-corrected chi connectivity index (χ0v) is 18.0. The van der Waals surface area contributed by atoms with Crippen molar-refractivity contribution in [3.8, 4) is 0 Å². The number of fused-ring (bicyclic) bond motifs is 1. The second-order valence-electron chi connectivity index (χ2n) is 8.66. The van der Waals surface area contributed by atoms with Crippen molar-refractivity contribution in [2.45, 2.75) is 37.6 Å². The molecule has 1 aliphatic rings. The molecule has 0 radical (unpaired) electrons. The molecule has 4 rings (SSSR count). The van der Waals surface area contributed by atoms with Gasteiger partial charge in [0.05, 0.1) is 22.5 Å². The van der Waals surface area contributed by atoms with Crippen LogP contribution in [0.4, 0.5) is 0 Å². The van der Waals surface area contributed by atoms with Crippen LogP contribution in [0.2, 0.25) is 0 Å². The number of aromatic amines is 1. The number of aromatic nitrogens is 2. The van der Waals surface area contributed by atoms with Gasteiger partial charge in [0.1, 0.15) is 5.82 Å². The van der Waals surface area contributed by atoms with Crippen LogP contribution in [0, 0.1) is 0 Å². The molecule has 1 aromatic heterocycles. The first-order valence-corrected chi connectivity index (χ1v) is 11.4. The third-order valence-corrected chi connectivity index (χ3v) is 7.41. The number of piperazine rings is 1. The number of nitrogens with zero attached hydrogens (tertiary/aromatic N) is 3. The van der Waals surface area contributed by atoms with E-state index in [4.69, 9.17) is 0 Å². The van der Waals surface area contributed by atoms with Crippen LogP contribution in [-0.4, -0.2) is 53.8 Å². The zero-order chi connectivity index (χ0) is 20.6. The van der Waals surface area contributed by atoms with Gasteiger partial charge in [-0.05, 0) is 35.2 Å². The van der Waals surface area contributed by atoms with E-state index in [1.807, 2.05) is 36.4 Å². The maximum Gasteiger partial charge on any atom is 0.243 e. The number of hydrogen-bond acceptors (Lipinski definition) is 4. The Morgan fingerprint density at radius 1 is 0.966 bits per heavy atom. The van der Waals surface area contributed by atoms with E-state index in [0.717, 1.165) is 22.4 Å². The van der Waals surface area contributed by atoms with Gasteiger partial charge in [0.2, 0.25) is 10.0 Å². The normalized spacial score (nSPS) is 17.1. The number of imidazole rings is 1. The molecular weight excluding hydrogens is 384 g/mol. The first kappa shape index (κ1) is 20.1. The maximum absolute atomic E-state index is 13.0. The molecule has 0 bridgehead atoms. The summed E-state index contributed by atoms with van der Waals surface area (Å²) in [6.45, 7) is 9.43. The maximum atomic E-state index is 13.0. The Morgan fingerprint density at radius 2 is 1.62 bits per heavy atom. The highest BCUT2D eigenvalue weighted by Crippen LogP contribution is 2.25. The Hall–Kier alpha value is -2.22. The Morgan fingerprint density at radius 3 is 2.24 bits per heavy atom. The van der Waals surface area contributed by atoms with Crippen LogP contribution in [0.25, 0.3) is 11.0 Å². The first-order chi connectivity index (χ1) is 13.7. The number of H-pyrrole nitrogens is 1. The van der Waals surface area contributed by atoms with Crippen molar-refractivity contribution in [2.24, 2.45) is 0 Å². The Kier molecular flexibility index (Phi) is 5.23. The molecule has 6 nitrogen and oxygen atoms in total. The average Bonchev–Trinajstić information content (AvgIpc) is 3.10. The molecule has 0 saturated carbocycles. The minimum Gasteiger partial charge on any atom is -0.341 e. The molecule has 1 N–H and O–H groups in total. The van der Waals surface area contributed by atoms with Gasteiger partial charge in [-0.3, -0.25) is 4.90 Å². The van der Waals surface area contributed by atoms with Crippen LogP contribution in [-0.2, 0) is 22.0 Å². The smallest absolute Gasteiger partial charge is 0.243 e. The van der Waals surface area contributed by atoms with Gasteiger partial charge in [0, 0.05) is 26.2 Å². The first-order valence-electron chi connectivity index (χ1n) is 10.0. The highest BCUT2D eigenvalue weighted by molar-refractivity contribution is 7.89. The molecule has 0 amide bonds. The van der Waals surface area contributed by atoms with Crippen molar-refractivity contribution < 1.29 is 8.42 Å². The molecule has 1 saturated heterocycles. The minimum atomic E-state index is -3.46. The molecule has 2 aromatic carbocycles. The molecule has 1 fully saturated rings. The van der Waals surface area contributed by atoms with Gasteiger partial charge in [-0.25, -0.2) is 13.4 Å². The van der Waals surface area contributed by atoms with E-state index in [-0.39, 0.29) is 5.41 Å². The second kappa shape index (κ2) is 7.55. The fraction of sp³-hybridized carbons (Fsp3) is 0.409. The largest absolute Gasteiger partial charge is 0.341 e. The lowest BCUT2D eigenvalue weighted by atomic mass is 9.87. The predicted molar refractivity (Wildman–Crippen MR) is 115 cm³/mol. The molecular formula is C22H28N4O2S. The molecule has 2 heterocycles. The highest BCUT2D eigenvalue weighted by atomic mass is 32.2. The topological polar surface area (TPSA) is 69.3 Å². The highest BCUT2D eigenvalue weighted by Gasteiger charge is 2.29. The number of sulfonamides is 1. The average molecular weight is 413 g/mol. The fourth-order valence-electron chi connectivity index (χ4n) is 3.70. The lowest BCUT2D eigenvalue weighted by molar-refractivity contribution is 0.178. The number of hydrogen-bond donors (Lipinski definition) is 1. The molecule has 0 unspecified atom stereocenters. The summed E-state index contributed by atoms with van der Waals surface area (Å²) in [4.78, 5) is 10.6. The quantitative estimate of drug-likeness (QED) is 0.713. The van der Waals surface area contributed by atoms with Crippen LogP contribution < -0.4 is 0 Å². The van der Waals surface area contributed by atoms with E-state index in [1.165, 1.54) is 0 Å². The summed E-state index contributed by atoms with van der Waals surface area (Å²) in [5.74, 6) is 0.917. The molecule has 29 heavy (non-hydrogen) atoms. The third-order valence-electron chi connectivity index (χ3n) is 5.50. The Labute approximate surface area is 172 Å². The SMILES string of the molecule is CC(C)(C)c1ccc(S(=O)(=O)N2CCN(Cc3nc4ccccc4[nH]3)CC2)cc1. The summed E-state index contributed by atoms with van der Waals surface area (Å²) in [5.41, 5.74) is 3.13. The van der Waals surface area contributed by atoms with Crippen molar-refractivity contribution in [1.29, 1.82) is 0 Å². The van der Waals surface area contributed by atoms with Gasteiger partial charge in [-0.2, -0.15) is 4.31 Å². The number of rotatable bonds is 4. The van der Waals surface area contributed by atoms with E-state index in [0.29, 0.717) is 37.6 Å². The molecule has 3 aromatic rings. The van der Waals surface area contributed by atoms with Crippen molar-refractivity contribution in [2.75, 3.05) is 26.2 Å². The van der Waals surface area contributed by atoms with E-state index in [9.17, 15) is 8.42 Å². The van der Waals surface area contributed by atoms with Crippen LogP contribution in [0.1, 0.15) is 32.2 Å². The van der Waals surface area contributed by atoms with Crippen molar-refractivity contribution in [1.82, 2.24) is 19.2 Å². The molecule has 0 atom stereocenters. The summed E-state index contributed by atoms with van der Waals surface area (Å²) in [6.07, 6.45) is 0. The molecule has 0 spiro atoms. The second-order valence-corrected chi connectivity index (χ2v) is 10.6. The van der Waals surface area contributed by atoms with Gasteiger partial charge in [0.15, 0.2) is 0 Å². The lowest BCUT2D eigenvalue weighted by Crippen LogP contribution is -2.48. The van der Waals surface area contributed by atoms with Crippen molar-refractivity contribution in [3.05, 3.63) is 59.9 Å². The van der Waals surface area contributed by atoms with E-state index in [2.05, 4.69) is 35.6 Å². The third kappa shape index (κ3) is 4.22. The van der Waals surface area contributed by atoms with E-state index < -0.39 is 10.0 Å². The van der Waals surface area contributed by atoms with Gasteiger partial charge in [-0.15, -0.1) is 0 Å². The molecule has 1 aliphatic heterocycles. The summed E-state index contributed by atoms with van der Waals surface area (Å²) in [7, 11) is -3.46. The number of benzene rings is 2. The standard InChI is InChI=1S/C22H28N4O2S/c1-22(2,3)17-8-10-18(11-9-17)29(27,28)26-14-12-25(13-15-26)16-21-23-19-6-4-5-7-20(19)24-21/h4-11H,12-16H2,1-3H3,(H,23,24). The Balaban J connectivity index is 1.40. The van der Waals surface area contributed by atoms with E-state index >= 15 is 0 Å². The fourth-order valence-corrected chi connectivity index (χ4v) is 5.12. The number of para-hydroxylation sites is 2. The van der Waals surface area contributed by atoms with Gasteiger partial charge >= 0.3 is 0 Å². The van der Waals surface area contributed by atoms with Crippen molar-refractivity contribution >= 4 is 21.1 Å². The molecule has 154 valence electrons. The number of nitrogens with one attached hydrogen (secondary N) is 1. The van der Waals surface area contributed by atoms with Crippen LogP contribution in [0.3, 0.4) is 0 Å². The summed E-state index contributed by atoms with van der Waals surface area (Å²) >= 11 is 0.